The molecule has 30 heavy (non-hydrogen) atoms. The van der Waals surface area contributed by atoms with E-state index in [4.69, 9.17) is 5.11 Å². The first kappa shape index (κ1) is 22.5. The maximum atomic E-state index is 13.6. The normalized spacial score (nSPS) is 22.3. The molecule has 1 aliphatic carbocycles. The van der Waals surface area contributed by atoms with Gasteiger partial charge in [-0.3, -0.25) is 10.1 Å². The van der Waals surface area contributed by atoms with Crippen LogP contribution in [-0.2, 0) is 21.1 Å². The van der Waals surface area contributed by atoms with Crippen LogP contribution in [-0.4, -0.2) is 49.6 Å². The number of halogens is 2. The summed E-state index contributed by atoms with van der Waals surface area (Å²) >= 11 is 1.20. The lowest BCUT2D eigenvalue weighted by molar-refractivity contribution is -0.111. The fourth-order valence-corrected chi connectivity index (χ4v) is 4.65. The maximum absolute atomic E-state index is 13.6. The van der Waals surface area contributed by atoms with Crippen molar-refractivity contribution in [3.63, 3.8) is 0 Å². The Morgan fingerprint density at radius 2 is 1.90 bits per heavy atom. The molecule has 1 saturated carbocycles. The van der Waals surface area contributed by atoms with Gasteiger partial charge in [-0.25, -0.2) is 22.2 Å². The highest BCUT2D eigenvalue weighted by molar-refractivity contribution is 7.90. The summed E-state index contributed by atoms with van der Waals surface area (Å²) < 4.78 is 50.6. The van der Waals surface area contributed by atoms with Crippen molar-refractivity contribution in [2.24, 2.45) is 5.92 Å². The molecular weight excluding hydrogens is 434 g/mol. The van der Waals surface area contributed by atoms with E-state index in [2.05, 4.69) is 10.3 Å². The highest BCUT2D eigenvalue weighted by Crippen LogP contribution is 2.34. The third-order valence-corrected chi connectivity index (χ3v) is 6.76. The number of carbonyl (C=O) groups excluding carboxylic acids is 1. The lowest BCUT2D eigenvalue weighted by Gasteiger charge is -2.11. The number of thiazole rings is 1. The molecule has 0 bridgehead atoms. The van der Waals surface area contributed by atoms with Crippen molar-refractivity contribution in [1.82, 2.24) is 4.98 Å². The first-order valence-corrected chi connectivity index (χ1v) is 12.1. The van der Waals surface area contributed by atoms with Gasteiger partial charge in [-0.2, -0.15) is 0 Å². The van der Waals surface area contributed by atoms with Crippen LogP contribution in [0.3, 0.4) is 0 Å². The van der Waals surface area contributed by atoms with Gasteiger partial charge in [0.1, 0.15) is 12.3 Å². The Bertz CT molecular complexity index is 1030. The number of hydrogen-bond donors (Lipinski definition) is 2. The molecule has 162 valence electrons. The van der Waals surface area contributed by atoms with Crippen LogP contribution in [0.15, 0.2) is 40.6 Å². The summed E-state index contributed by atoms with van der Waals surface area (Å²) in [6.45, 7) is -0.0641. The summed E-state index contributed by atoms with van der Waals surface area (Å²) in [5.41, 5.74) is 1.27. The van der Waals surface area contributed by atoms with E-state index in [0.717, 1.165) is 6.26 Å². The van der Waals surface area contributed by atoms with Gasteiger partial charge < -0.3 is 5.11 Å². The number of aliphatic hydroxyl groups excluding tert-OH is 1. The number of aliphatic hydroxyl groups is 1. The van der Waals surface area contributed by atoms with Crippen LogP contribution in [0.5, 0.6) is 0 Å². The van der Waals surface area contributed by atoms with E-state index in [9.17, 15) is 22.0 Å². The van der Waals surface area contributed by atoms with Crippen LogP contribution in [0, 0.1) is 5.92 Å². The fraction of sp³-hybridized carbons (Fsp3) is 0.400. The Balaban J connectivity index is 1.89. The Morgan fingerprint density at radius 3 is 2.47 bits per heavy atom. The first-order valence-electron chi connectivity index (χ1n) is 9.34. The SMILES string of the molecule is CS(=O)(=O)c1ccc(C(=CC2C[C@@H](F)[C@@H](F)C2)C(=O)Nc2nc(CCO)cs2)cc1. The van der Waals surface area contributed by atoms with Crippen LogP contribution >= 0.6 is 11.3 Å². The minimum Gasteiger partial charge on any atom is -0.396 e. The molecule has 0 radical (unpaired) electrons. The zero-order valence-corrected chi connectivity index (χ0v) is 17.8. The van der Waals surface area contributed by atoms with Gasteiger partial charge in [0.15, 0.2) is 15.0 Å². The number of sulfone groups is 1. The second-order valence-electron chi connectivity index (χ2n) is 7.21. The van der Waals surface area contributed by atoms with Crippen molar-refractivity contribution < 1.29 is 27.1 Å². The predicted octanol–water partition coefficient (Wildman–Crippen LogP) is 3.19. The fourth-order valence-electron chi connectivity index (χ4n) is 3.28. The Morgan fingerprint density at radius 1 is 1.27 bits per heavy atom. The summed E-state index contributed by atoms with van der Waals surface area (Å²) in [5, 5.41) is 13.7. The van der Waals surface area contributed by atoms with Gasteiger partial charge in [0.05, 0.1) is 10.6 Å². The van der Waals surface area contributed by atoms with E-state index in [1.54, 1.807) is 11.5 Å². The molecule has 1 amide bonds. The Hall–Kier alpha value is -2.17. The van der Waals surface area contributed by atoms with Gasteiger partial charge in [-0.1, -0.05) is 18.2 Å². The first-order chi connectivity index (χ1) is 14.2. The molecule has 1 heterocycles. The molecule has 1 aromatic carbocycles. The third kappa shape index (κ3) is 5.50. The van der Waals surface area contributed by atoms with E-state index < -0.39 is 34.0 Å². The lowest BCUT2D eigenvalue weighted by Crippen LogP contribution is -2.15. The van der Waals surface area contributed by atoms with Gasteiger partial charge in [0, 0.05) is 30.2 Å². The number of nitrogens with one attached hydrogen (secondary N) is 1. The number of anilines is 1. The average Bonchev–Trinajstić information content (AvgIpc) is 3.25. The van der Waals surface area contributed by atoms with E-state index >= 15 is 0 Å². The molecule has 3 rings (SSSR count). The van der Waals surface area contributed by atoms with Crippen LogP contribution in [0.4, 0.5) is 13.9 Å². The third-order valence-electron chi connectivity index (χ3n) is 4.83. The van der Waals surface area contributed by atoms with Crippen LogP contribution in [0.25, 0.3) is 5.57 Å². The second-order valence-corrected chi connectivity index (χ2v) is 10.1. The minimum atomic E-state index is -3.40. The molecule has 10 heteroatoms. The molecule has 1 aliphatic rings. The van der Waals surface area contributed by atoms with E-state index in [1.165, 1.54) is 35.6 Å². The molecule has 3 atom stereocenters. The lowest BCUT2D eigenvalue weighted by atomic mass is 9.98. The topological polar surface area (TPSA) is 96.4 Å². The van der Waals surface area contributed by atoms with Gasteiger partial charge in [0.25, 0.3) is 5.91 Å². The minimum absolute atomic E-state index is 0.0166. The number of nitrogens with zero attached hydrogens (tertiary/aromatic N) is 1. The van der Waals surface area contributed by atoms with Crippen LogP contribution in [0.2, 0.25) is 0 Å². The molecule has 1 aromatic heterocycles. The van der Waals surface area contributed by atoms with Crippen LogP contribution in [0.1, 0.15) is 24.1 Å². The highest BCUT2D eigenvalue weighted by atomic mass is 32.2. The van der Waals surface area contributed by atoms with Gasteiger partial charge >= 0.3 is 0 Å². The summed E-state index contributed by atoms with van der Waals surface area (Å²) in [6.07, 6.45) is -0.182. The van der Waals surface area contributed by atoms with Gasteiger partial charge in [-0.15, -0.1) is 11.3 Å². The molecule has 1 unspecified atom stereocenters. The molecular formula is C20H22F2N2O4S2. The Labute approximate surface area is 177 Å². The molecule has 0 saturated heterocycles. The summed E-state index contributed by atoms with van der Waals surface area (Å²) in [4.78, 5) is 17.3. The number of amides is 1. The van der Waals surface area contributed by atoms with Gasteiger partial charge in [-0.05, 0) is 36.5 Å². The number of allylic oxidation sites excluding steroid dienone is 1. The van der Waals surface area contributed by atoms with Crippen LogP contribution < -0.4 is 5.32 Å². The number of alkyl halides is 2. The molecule has 6 nitrogen and oxygen atoms in total. The summed E-state index contributed by atoms with van der Waals surface area (Å²) in [6, 6.07) is 5.77. The number of hydrogen-bond acceptors (Lipinski definition) is 6. The zero-order valence-electron chi connectivity index (χ0n) is 16.2. The standard InChI is InChI=1S/C20H22F2N2O4S2/c1-30(27,28)15-4-2-13(3-5-15)16(8-12-9-17(21)18(22)10-12)19(26)24-20-23-14(6-7-25)11-29-20/h2-5,8,11-12,17-18,25H,6-7,9-10H2,1H3,(H,23,24,26)/t12?,17-,18+. The molecule has 1 fully saturated rings. The van der Waals surface area contributed by atoms with Crippen molar-refractivity contribution >= 4 is 37.8 Å². The number of rotatable bonds is 7. The van der Waals surface area contributed by atoms with Crippen molar-refractivity contribution in [3.8, 4) is 0 Å². The van der Waals surface area contributed by atoms with Crippen molar-refractivity contribution in [2.45, 2.75) is 36.5 Å². The number of carbonyl (C=O) groups is 1. The zero-order chi connectivity index (χ0) is 21.9. The number of benzene rings is 1. The molecule has 0 spiro atoms. The molecule has 2 N–H and O–H groups in total. The maximum Gasteiger partial charge on any atom is 0.257 e. The number of aromatic nitrogens is 1. The molecule has 2 aromatic rings. The monoisotopic (exact) mass is 456 g/mol. The second kappa shape index (κ2) is 9.32. The Kier molecular flexibility index (Phi) is 6.99. The smallest absolute Gasteiger partial charge is 0.257 e. The van der Waals surface area contributed by atoms with E-state index in [-0.39, 0.29) is 29.9 Å². The van der Waals surface area contributed by atoms with Crippen molar-refractivity contribution in [1.29, 1.82) is 0 Å². The summed E-state index contributed by atoms with van der Waals surface area (Å²) in [7, 11) is -3.40. The quantitative estimate of drug-likeness (QED) is 0.624. The van der Waals surface area contributed by atoms with Gasteiger partial charge in [0.2, 0.25) is 0 Å². The highest BCUT2D eigenvalue weighted by Gasteiger charge is 2.34. The van der Waals surface area contributed by atoms with Crippen molar-refractivity contribution in [2.75, 3.05) is 18.2 Å². The van der Waals surface area contributed by atoms with E-state index in [1.807, 2.05) is 0 Å². The largest absolute Gasteiger partial charge is 0.396 e. The predicted molar refractivity (Wildman–Crippen MR) is 112 cm³/mol. The molecule has 0 aliphatic heterocycles. The van der Waals surface area contributed by atoms with E-state index in [0.29, 0.717) is 22.8 Å². The van der Waals surface area contributed by atoms with Crippen molar-refractivity contribution in [3.05, 3.63) is 47.0 Å². The summed E-state index contributed by atoms with van der Waals surface area (Å²) in [5.74, 6) is -0.962. The average molecular weight is 457 g/mol.